The lowest BCUT2D eigenvalue weighted by Gasteiger charge is -2.16. The van der Waals surface area contributed by atoms with Gasteiger partial charge in [0.15, 0.2) is 0 Å². The van der Waals surface area contributed by atoms with Crippen molar-refractivity contribution >= 4 is 10.8 Å². The highest BCUT2D eigenvalue weighted by atomic mass is 16.5. The summed E-state index contributed by atoms with van der Waals surface area (Å²) in [7, 11) is 0. The minimum Gasteiger partial charge on any atom is -0.457 e. The van der Waals surface area contributed by atoms with Gasteiger partial charge in [-0.3, -0.25) is 15.0 Å². The van der Waals surface area contributed by atoms with Crippen LogP contribution in [0.2, 0.25) is 0 Å². The van der Waals surface area contributed by atoms with Gasteiger partial charge in [0.2, 0.25) is 0 Å². The van der Waals surface area contributed by atoms with Crippen LogP contribution < -0.4 is 4.74 Å². The summed E-state index contributed by atoms with van der Waals surface area (Å²) >= 11 is 0. The van der Waals surface area contributed by atoms with Crippen LogP contribution >= 0.6 is 0 Å². The van der Waals surface area contributed by atoms with Gasteiger partial charge in [-0.15, -0.1) is 0 Å². The third-order valence-electron chi connectivity index (χ3n) is 10.3. The maximum absolute atomic E-state index is 6.85. The summed E-state index contributed by atoms with van der Waals surface area (Å²) in [6.07, 6.45) is 5.59. The van der Waals surface area contributed by atoms with E-state index >= 15 is 0 Å². The van der Waals surface area contributed by atoms with Gasteiger partial charge in [0.05, 0.1) is 23.0 Å². The average molecular weight is 692 g/mol. The second kappa shape index (κ2) is 13.4. The van der Waals surface area contributed by atoms with Crippen molar-refractivity contribution in [1.82, 2.24) is 15.0 Å². The third kappa shape index (κ3) is 5.80. The second-order valence-corrected chi connectivity index (χ2v) is 13.6. The van der Waals surface area contributed by atoms with Gasteiger partial charge in [-0.1, -0.05) is 103 Å². The molecule has 0 fully saturated rings. The summed E-state index contributed by atoms with van der Waals surface area (Å²) < 4.78 is 6.85. The van der Waals surface area contributed by atoms with Gasteiger partial charge in [-0.25, -0.2) is 0 Å². The van der Waals surface area contributed by atoms with Crippen molar-refractivity contribution in [1.29, 1.82) is 0 Å². The number of hydrogen-bond donors (Lipinski definition) is 0. The van der Waals surface area contributed by atoms with E-state index in [1.165, 1.54) is 22.3 Å². The Morgan fingerprint density at radius 3 is 1.91 bits per heavy atom. The smallest absolute Gasteiger partial charge is 0.128 e. The lowest BCUT2D eigenvalue weighted by atomic mass is 9.93. The fraction of sp³-hybridized carbons (Fsp3) is 0.0200. The van der Waals surface area contributed by atoms with Gasteiger partial charge < -0.3 is 4.74 Å². The summed E-state index contributed by atoms with van der Waals surface area (Å²) in [5.74, 6) is 1.54. The number of benzene rings is 6. The Balaban J connectivity index is 1.08. The number of rotatable bonds is 7. The zero-order valence-corrected chi connectivity index (χ0v) is 29.3. The van der Waals surface area contributed by atoms with Crippen LogP contribution in [0, 0.1) is 0 Å². The van der Waals surface area contributed by atoms with Crippen molar-refractivity contribution in [3.63, 3.8) is 0 Å². The zero-order valence-electron chi connectivity index (χ0n) is 29.3. The molecule has 4 heteroatoms. The SMILES string of the molecule is c1ccc(-c2cccc(-c3cccc(-c4cc(Oc5ccc6c(c5)C(c5ccccn5)c5ccccc5-6)cc(-c5nccc6ccccc56)c4)c3)c2)nc1. The van der Waals surface area contributed by atoms with Crippen molar-refractivity contribution in [2.45, 2.75) is 5.92 Å². The first-order valence-electron chi connectivity index (χ1n) is 18.2. The van der Waals surface area contributed by atoms with Crippen molar-refractivity contribution in [2.75, 3.05) is 0 Å². The third-order valence-corrected chi connectivity index (χ3v) is 10.3. The number of ether oxygens (including phenoxy) is 1. The van der Waals surface area contributed by atoms with Gasteiger partial charge in [-0.2, -0.15) is 0 Å². The molecule has 9 aromatic rings. The quantitative estimate of drug-likeness (QED) is 0.167. The maximum atomic E-state index is 6.85. The van der Waals surface area contributed by atoms with Crippen LogP contribution in [-0.2, 0) is 0 Å². The molecule has 3 heterocycles. The topological polar surface area (TPSA) is 47.9 Å². The predicted octanol–water partition coefficient (Wildman–Crippen LogP) is 12.6. The molecular weight excluding hydrogens is 659 g/mol. The van der Waals surface area contributed by atoms with Gasteiger partial charge in [0.25, 0.3) is 0 Å². The fourth-order valence-corrected chi connectivity index (χ4v) is 7.83. The summed E-state index contributed by atoms with van der Waals surface area (Å²) in [6, 6.07) is 61.4. The van der Waals surface area contributed by atoms with Crippen LogP contribution in [0.1, 0.15) is 22.7 Å². The van der Waals surface area contributed by atoms with Crippen molar-refractivity contribution in [3.8, 4) is 67.4 Å². The molecular formula is C50H33N3O. The molecule has 254 valence electrons. The summed E-state index contributed by atoms with van der Waals surface area (Å²) in [4.78, 5) is 14.3. The van der Waals surface area contributed by atoms with E-state index in [9.17, 15) is 0 Å². The molecule has 0 radical (unpaired) electrons. The Morgan fingerprint density at radius 1 is 0.389 bits per heavy atom. The van der Waals surface area contributed by atoms with E-state index in [1.54, 1.807) is 0 Å². The Morgan fingerprint density at radius 2 is 1.07 bits per heavy atom. The lowest BCUT2D eigenvalue weighted by Crippen LogP contribution is -2.01. The van der Waals surface area contributed by atoms with E-state index in [2.05, 4.69) is 157 Å². The molecule has 10 rings (SSSR count). The van der Waals surface area contributed by atoms with Crippen LogP contribution in [-0.4, -0.2) is 15.0 Å². The van der Waals surface area contributed by atoms with Crippen molar-refractivity contribution in [3.05, 3.63) is 211 Å². The highest BCUT2D eigenvalue weighted by molar-refractivity contribution is 5.95. The fourth-order valence-electron chi connectivity index (χ4n) is 7.83. The molecule has 1 aliphatic rings. The second-order valence-electron chi connectivity index (χ2n) is 13.6. The molecule has 6 aromatic carbocycles. The zero-order chi connectivity index (χ0) is 35.8. The van der Waals surface area contributed by atoms with Crippen LogP contribution in [0.25, 0.3) is 66.7 Å². The molecule has 1 unspecified atom stereocenters. The number of pyridine rings is 3. The number of hydrogen-bond acceptors (Lipinski definition) is 4. The standard InChI is InChI=1S/C50H33N3O/c1-2-16-42-33(11-1)23-26-53-50(42)39-29-38(36-14-9-12-34(27-36)35-13-10-15-37(28-35)47-19-5-7-24-51-47)30-41(31-39)54-40-21-22-44-43-17-3-4-18-45(43)49(46(44)32-40)48-20-6-8-25-52-48/h1-32,49H. The Hall–Kier alpha value is -7.17. The van der Waals surface area contributed by atoms with Gasteiger partial charge in [-0.05, 0) is 123 Å². The highest BCUT2D eigenvalue weighted by Crippen LogP contribution is 2.49. The molecule has 1 atom stereocenters. The van der Waals surface area contributed by atoms with Crippen LogP contribution in [0.15, 0.2) is 195 Å². The summed E-state index contributed by atoms with van der Waals surface area (Å²) in [6.45, 7) is 0. The molecule has 3 aromatic heterocycles. The van der Waals surface area contributed by atoms with Gasteiger partial charge in [0.1, 0.15) is 11.5 Å². The first kappa shape index (κ1) is 31.6. The van der Waals surface area contributed by atoms with Crippen LogP contribution in [0.3, 0.4) is 0 Å². The molecule has 0 saturated carbocycles. The predicted molar refractivity (Wildman–Crippen MR) is 218 cm³/mol. The number of fused-ring (bicyclic) bond motifs is 4. The minimum atomic E-state index is 0.0293. The Kier molecular flexibility index (Phi) is 7.85. The average Bonchev–Trinajstić information content (AvgIpc) is 3.57. The maximum Gasteiger partial charge on any atom is 0.128 e. The molecule has 0 amide bonds. The molecule has 1 aliphatic carbocycles. The first-order chi connectivity index (χ1) is 26.7. The summed E-state index contributed by atoms with van der Waals surface area (Å²) in [5.41, 5.74) is 14.3. The van der Waals surface area contributed by atoms with E-state index in [-0.39, 0.29) is 5.92 Å². The number of nitrogens with zero attached hydrogens (tertiary/aromatic N) is 3. The van der Waals surface area contributed by atoms with E-state index < -0.39 is 0 Å². The highest BCUT2D eigenvalue weighted by Gasteiger charge is 2.31. The molecule has 0 saturated heterocycles. The van der Waals surface area contributed by atoms with E-state index in [0.717, 1.165) is 72.7 Å². The molecule has 0 N–H and O–H groups in total. The molecule has 0 spiro atoms. The van der Waals surface area contributed by atoms with E-state index in [0.29, 0.717) is 0 Å². The largest absolute Gasteiger partial charge is 0.457 e. The lowest BCUT2D eigenvalue weighted by molar-refractivity contribution is 0.482. The van der Waals surface area contributed by atoms with Gasteiger partial charge >= 0.3 is 0 Å². The van der Waals surface area contributed by atoms with Crippen molar-refractivity contribution < 1.29 is 4.74 Å². The first-order valence-corrected chi connectivity index (χ1v) is 18.2. The summed E-state index contributed by atoms with van der Waals surface area (Å²) in [5, 5.41) is 2.24. The van der Waals surface area contributed by atoms with E-state index in [1.807, 2.05) is 42.9 Å². The molecule has 54 heavy (non-hydrogen) atoms. The normalized spacial score (nSPS) is 13.0. The molecule has 0 bridgehead atoms. The molecule has 4 nitrogen and oxygen atoms in total. The Labute approximate surface area is 314 Å². The van der Waals surface area contributed by atoms with Crippen molar-refractivity contribution in [2.24, 2.45) is 0 Å². The number of aromatic nitrogens is 3. The van der Waals surface area contributed by atoms with E-state index in [4.69, 9.17) is 14.7 Å². The Bertz CT molecular complexity index is 2810. The van der Waals surface area contributed by atoms with Crippen LogP contribution in [0.4, 0.5) is 0 Å². The monoisotopic (exact) mass is 691 g/mol. The van der Waals surface area contributed by atoms with Crippen LogP contribution in [0.5, 0.6) is 11.5 Å². The minimum absolute atomic E-state index is 0.0293. The van der Waals surface area contributed by atoms with Gasteiger partial charge in [0, 0.05) is 35.1 Å². The molecule has 0 aliphatic heterocycles.